The topological polar surface area (TPSA) is 42.9 Å². The van der Waals surface area contributed by atoms with Crippen LogP contribution in [0.3, 0.4) is 0 Å². The third-order valence-electron chi connectivity index (χ3n) is 3.10. The Morgan fingerprint density at radius 1 is 1.30 bits per heavy atom. The second-order valence-electron chi connectivity index (χ2n) is 5.06. The third-order valence-corrected chi connectivity index (χ3v) is 3.84. The molecular formula is C13H19Cl2N5. The Hall–Kier alpha value is -1.01. The molecule has 0 spiro atoms. The first-order valence-electron chi connectivity index (χ1n) is 6.43. The molecule has 110 valence electrons. The van der Waals surface area contributed by atoms with Crippen LogP contribution in [0.25, 0.3) is 0 Å². The fourth-order valence-electron chi connectivity index (χ4n) is 2.05. The zero-order valence-electron chi connectivity index (χ0n) is 11.8. The van der Waals surface area contributed by atoms with E-state index in [-0.39, 0.29) is 6.04 Å². The molecule has 0 bridgehead atoms. The summed E-state index contributed by atoms with van der Waals surface area (Å²) in [6, 6.07) is 5.83. The van der Waals surface area contributed by atoms with Crippen LogP contribution in [-0.4, -0.2) is 36.5 Å². The summed E-state index contributed by atoms with van der Waals surface area (Å²) >= 11 is 12.1. The van der Waals surface area contributed by atoms with Gasteiger partial charge in [0.25, 0.3) is 0 Å². The van der Waals surface area contributed by atoms with E-state index in [9.17, 15) is 0 Å². The lowest BCUT2D eigenvalue weighted by atomic mass is 10.0. The van der Waals surface area contributed by atoms with Gasteiger partial charge in [-0.1, -0.05) is 29.3 Å². The zero-order valence-corrected chi connectivity index (χ0v) is 13.3. The lowest BCUT2D eigenvalue weighted by Crippen LogP contribution is -2.44. The van der Waals surface area contributed by atoms with Gasteiger partial charge in [0, 0.05) is 0 Å². The minimum Gasteiger partial charge on any atom is -0.309 e. The Balaban J connectivity index is 2.18. The molecule has 1 unspecified atom stereocenters. The molecule has 0 fully saturated rings. The lowest BCUT2D eigenvalue weighted by Gasteiger charge is -2.28. The van der Waals surface area contributed by atoms with Gasteiger partial charge < -0.3 is 4.90 Å². The van der Waals surface area contributed by atoms with Crippen molar-refractivity contribution in [1.82, 2.24) is 21.0 Å². The Labute approximate surface area is 129 Å². The van der Waals surface area contributed by atoms with E-state index >= 15 is 0 Å². The number of benzene rings is 1. The van der Waals surface area contributed by atoms with Gasteiger partial charge in [-0.2, -0.15) is 0 Å². The molecule has 1 aliphatic heterocycles. The van der Waals surface area contributed by atoms with Crippen molar-refractivity contribution in [2.75, 3.05) is 20.6 Å². The van der Waals surface area contributed by atoms with Crippen molar-refractivity contribution >= 4 is 29.0 Å². The largest absolute Gasteiger partial charge is 0.309 e. The Bertz CT molecular complexity index is 504. The molecule has 0 saturated heterocycles. The molecule has 1 heterocycles. The Morgan fingerprint density at radius 2 is 2.05 bits per heavy atom. The average molecular weight is 316 g/mol. The number of rotatable bonds is 5. The molecule has 1 aromatic rings. The summed E-state index contributed by atoms with van der Waals surface area (Å²) < 4.78 is 0. The van der Waals surface area contributed by atoms with Crippen LogP contribution in [0.15, 0.2) is 23.3 Å². The maximum atomic E-state index is 6.13. The second kappa shape index (κ2) is 6.63. The van der Waals surface area contributed by atoms with Crippen molar-refractivity contribution in [3.8, 4) is 0 Å². The van der Waals surface area contributed by atoms with Crippen LogP contribution in [0, 0.1) is 0 Å². The third kappa shape index (κ3) is 3.76. The normalized spacial score (nSPS) is 16.8. The molecule has 7 heteroatoms. The van der Waals surface area contributed by atoms with E-state index in [2.05, 4.69) is 35.1 Å². The van der Waals surface area contributed by atoms with Gasteiger partial charge in [-0.25, -0.2) is 5.53 Å². The number of hydrazine groups is 2. The van der Waals surface area contributed by atoms with Crippen LogP contribution in [-0.2, 0) is 0 Å². The van der Waals surface area contributed by atoms with Crippen LogP contribution >= 0.6 is 23.2 Å². The first-order valence-corrected chi connectivity index (χ1v) is 7.18. The highest BCUT2D eigenvalue weighted by molar-refractivity contribution is 6.42. The maximum Gasteiger partial charge on any atom is 0.136 e. The first-order chi connectivity index (χ1) is 9.47. The van der Waals surface area contributed by atoms with Crippen molar-refractivity contribution in [3.05, 3.63) is 33.8 Å². The molecule has 0 aromatic heterocycles. The van der Waals surface area contributed by atoms with E-state index < -0.39 is 0 Å². The predicted molar refractivity (Wildman–Crippen MR) is 83.6 cm³/mol. The summed E-state index contributed by atoms with van der Waals surface area (Å²) in [6.07, 6.45) is 0.924. The number of hydrogen-bond donors (Lipinski definition) is 2. The number of nitrogens with one attached hydrogen (secondary N) is 2. The molecule has 0 aliphatic carbocycles. The minimum absolute atomic E-state index is 0.105. The van der Waals surface area contributed by atoms with E-state index in [1.807, 2.05) is 30.2 Å². The smallest absolute Gasteiger partial charge is 0.136 e. The standard InChI is InChI=1S/C13H19Cl2N5/c1-9-16-18-20(17-9)13(6-7-19(2)3)10-4-5-11(14)12(15)8-10/h4-5,8,13,18H,6-7H2,1-3H3,(H,16,17). The van der Waals surface area contributed by atoms with Crippen LogP contribution in [0.5, 0.6) is 0 Å². The van der Waals surface area contributed by atoms with Gasteiger partial charge in [0.05, 0.1) is 16.1 Å². The molecule has 1 aliphatic rings. The average Bonchev–Trinajstić information content (AvgIpc) is 2.80. The van der Waals surface area contributed by atoms with E-state index in [0.717, 1.165) is 24.4 Å². The molecule has 1 aromatic carbocycles. The van der Waals surface area contributed by atoms with Gasteiger partial charge in [0.15, 0.2) is 0 Å². The predicted octanol–water partition coefficient (Wildman–Crippen LogP) is 2.64. The fraction of sp³-hybridized carbons (Fsp3) is 0.462. The Morgan fingerprint density at radius 3 is 2.60 bits per heavy atom. The summed E-state index contributed by atoms with van der Waals surface area (Å²) in [7, 11) is 4.11. The molecule has 5 nitrogen and oxygen atoms in total. The molecular weight excluding hydrogens is 297 g/mol. The van der Waals surface area contributed by atoms with Gasteiger partial charge in [-0.3, -0.25) is 5.43 Å². The van der Waals surface area contributed by atoms with Crippen LogP contribution in [0.2, 0.25) is 10.0 Å². The van der Waals surface area contributed by atoms with Gasteiger partial charge in [-0.05, 0) is 51.7 Å². The number of hydrogen-bond acceptors (Lipinski definition) is 5. The molecule has 2 rings (SSSR count). The van der Waals surface area contributed by atoms with Crippen LogP contribution in [0.1, 0.15) is 24.9 Å². The summed E-state index contributed by atoms with van der Waals surface area (Å²) in [5.74, 6) is 0.833. The van der Waals surface area contributed by atoms with Crippen molar-refractivity contribution in [1.29, 1.82) is 0 Å². The van der Waals surface area contributed by atoms with Crippen molar-refractivity contribution in [3.63, 3.8) is 0 Å². The number of halogens is 2. The number of amidine groups is 1. The minimum atomic E-state index is 0.105. The monoisotopic (exact) mass is 315 g/mol. The van der Waals surface area contributed by atoms with Gasteiger partial charge in [-0.15, -0.1) is 10.2 Å². The van der Waals surface area contributed by atoms with Gasteiger partial charge in [0.2, 0.25) is 0 Å². The van der Waals surface area contributed by atoms with Crippen LogP contribution < -0.4 is 11.0 Å². The van der Waals surface area contributed by atoms with Gasteiger partial charge >= 0.3 is 0 Å². The summed E-state index contributed by atoms with van der Waals surface area (Å²) in [6.45, 7) is 2.86. The van der Waals surface area contributed by atoms with E-state index in [0.29, 0.717) is 10.0 Å². The molecule has 1 atom stereocenters. The van der Waals surface area contributed by atoms with E-state index in [1.54, 1.807) is 0 Å². The fourth-order valence-corrected chi connectivity index (χ4v) is 2.35. The SMILES string of the molecule is CC1=NNN(C(CCN(C)C)c2ccc(Cl)c(Cl)c2)N1. The lowest BCUT2D eigenvalue weighted by molar-refractivity contribution is 0.0987. The summed E-state index contributed by atoms with van der Waals surface area (Å²) in [5, 5.41) is 7.16. The van der Waals surface area contributed by atoms with Crippen molar-refractivity contribution in [2.24, 2.45) is 5.10 Å². The highest BCUT2D eigenvalue weighted by Gasteiger charge is 2.24. The van der Waals surface area contributed by atoms with Crippen LogP contribution in [0.4, 0.5) is 0 Å². The molecule has 0 saturated carbocycles. The molecule has 2 N–H and O–H groups in total. The number of nitrogens with zero attached hydrogens (tertiary/aromatic N) is 3. The summed E-state index contributed by atoms with van der Waals surface area (Å²) in [5.41, 5.74) is 7.26. The molecule has 0 radical (unpaired) electrons. The molecule has 0 amide bonds. The maximum absolute atomic E-state index is 6.13. The van der Waals surface area contributed by atoms with Crippen molar-refractivity contribution in [2.45, 2.75) is 19.4 Å². The quantitative estimate of drug-likeness (QED) is 0.876. The highest BCUT2D eigenvalue weighted by atomic mass is 35.5. The first kappa shape index (κ1) is 15.4. The van der Waals surface area contributed by atoms with Crippen molar-refractivity contribution < 1.29 is 0 Å². The van der Waals surface area contributed by atoms with E-state index in [1.165, 1.54) is 0 Å². The Kier molecular flexibility index (Phi) is 5.10. The number of hydrazone groups is 1. The molecule has 20 heavy (non-hydrogen) atoms. The summed E-state index contributed by atoms with van der Waals surface area (Å²) in [4.78, 5) is 2.15. The van der Waals surface area contributed by atoms with Gasteiger partial charge in [0.1, 0.15) is 5.84 Å². The zero-order chi connectivity index (χ0) is 14.7. The second-order valence-corrected chi connectivity index (χ2v) is 5.87. The van der Waals surface area contributed by atoms with E-state index in [4.69, 9.17) is 23.2 Å². The highest BCUT2D eigenvalue weighted by Crippen LogP contribution is 2.29.